The van der Waals surface area contributed by atoms with Crippen molar-refractivity contribution < 1.29 is 13.2 Å². The predicted octanol–water partition coefficient (Wildman–Crippen LogP) is 1.78. The number of pyridine rings is 1. The molecule has 0 amide bonds. The molecular weight excluding hydrogens is 278 g/mol. The van der Waals surface area contributed by atoms with Crippen molar-refractivity contribution >= 4 is 21.4 Å². The van der Waals surface area contributed by atoms with Crippen LogP contribution in [0.3, 0.4) is 0 Å². The van der Waals surface area contributed by atoms with Crippen LogP contribution in [0.4, 0.5) is 11.4 Å². The highest BCUT2D eigenvalue weighted by Crippen LogP contribution is 2.21. The quantitative estimate of drug-likeness (QED) is 0.838. The number of nitrogens with one attached hydrogen (secondary N) is 1. The maximum absolute atomic E-state index is 12.3. The number of nitrogens with two attached hydrogens (primary N) is 1. The molecule has 3 N–H and O–H groups in total. The normalized spacial score (nSPS) is 11.1. The predicted molar refractivity (Wildman–Crippen MR) is 77.2 cm³/mol. The number of sulfonamides is 1. The third-order valence-electron chi connectivity index (χ3n) is 2.69. The minimum Gasteiger partial charge on any atom is -0.481 e. The van der Waals surface area contributed by atoms with Gasteiger partial charge in [-0.2, -0.15) is 0 Å². The van der Waals surface area contributed by atoms with Crippen molar-refractivity contribution in [3.63, 3.8) is 0 Å². The lowest BCUT2D eigenvalue weighted by molar-refractivity contribution is 0.398. The van der Waals surface area contributed by atoms with Crippen LogP contribution < -0.4 is 15.2 Å². The van der Waals surface area contributed by atoms with Crippen LogP contribution >= 0.6 is 0 Å². The van der Waals surface area contributed by atoms with Crippen LogP contribution in [-0.2, 0) is 10.0 Å². The van der Waals surface area contributed by atoms with Gasteiger partial charge in [-0.05, 0) is 36.8 Å². The zero-order chi connectivity index (χ0) is 14.8. The Morgan fingerprint density at radius 3 is 2.55 bits per heavy atom. The van der Waals surface area contributed by atoms with Gasteiger partial charge < -0.3 is 10.5 Å². The van der Waals surface area contributed by atoms with E-state index in [0.717, 1.165) is 0 Å². The van der Waals surface area contributed by atoms with Crippen LogP contribution in [-0.4, -0.2) is 20.5 Å². The molecule has 0 unspecified atom stereocenters. The van der Waals surface area contributed by atoms with Crippen LogP contribution in [0.2, 0.25) is 0 Å². The minimum atomic E-state index is -3.67. The standard InChI is InChI=1S/C13H15N3O3S/c1-9-7-10(14)3-5-12(9)20(17,18)16-11-4-6-13(19-2)15-8-11/h3-8,16H,14H2,1-2H3. The van der Waals surface area contributed by atoms with Crippen LogP contribution in [0.15, 0.2) is 41.4 Å². The highest BCUT2D eigenvalue weighted by atomic mass is 32.2. The molecular formula is C13H15N3O3S. The summed E-state index contributed by atoms with van der Waals surface area (Å²) in [6.07, 6.45) is 1.39. The second-order valence-electron chi connectivity index (χ2n) is 4.22. The smallest absolute Gasteiger partial charge is 0.262 e. The molecule has 6 nitrogen and oxygen atoms in total. The Labute approximate surface area is 117 Å². The highest BCUT2D eigenvalue weighted by molar-refractivity contribution is 7.92. The first kappa shape index (κ1) is 14.1. The van der Waals surface area contributed by atoms with Crippen molar-refractivity contribution in [1.82, 2.24) is 4.98 Å². The van der Waals surface area contributed by atoms with Gasteiger partial charge in [-0.1, -0.05) is 0 Å². The van der Waals surface area contributed by atoms with E-state index in [4.69, 9.17) is 10.5 Å². The first-order chi connectivity index (χ1) is 9.42. The van der Waals surface area contributed by atoms with Crippen molar-refractivity contribution in [3.05, 3.63) is 42.1 Å². The van der Waals surface area contributed by atoms with Crippen LogP contribution in [0.5, 0.6) is 5.88 Å². The second-order valence-corrected chi connectivity index (χ2v) is 5.87. The summed E-state index contributed by atoms with van der Waals surface area (Å²) in [6.45, 7) is 1.69. The van der Waals surface area contributed by atoms with Gasteiger partial charge in [0.05, 0.1) is 23.9 Å². The fraction of sp³-hybridized carbons (Fsp3) is 0.154. The SMILES string of the molecule is COc1ccc(NS(=O)(=O)c2ccc(N)cc2C)cn1. The molecule has 1 aromatic heterocycles. The number of hydrogen-bond donors (Lipinski definition) is 2. The summed E-state index contributed by atoms with van der Waals surface area (Å²) in [4.78, 5) is 4.13. The first-order valence-corrected chi connectivity index (χ1v) is 7.29. The summed E-state index contributed by atoms with van der Waals surface area (Å²) in [6, 6.07) is 7.79. The number of methoxy groups -OCH3 is 1. The number of rotatable bonds is 4. The number of aryl methyl sites for hydroxylation is 1. The maximum Gasteiger partial charge on any atom is 0.262 e. The van der Waals surface area contributed by atoms with Gasteiger partial charge in [0.2, 0.25) is 5.88 Å². The van der Waals surface area contributed by atoms with Crippen molar-refractivity contribution in [1.29, 1.82) is 0 Å². The molecule has 0 aliphatic carbocycles. The lowest BCUT2D eigenvalue weighted by Gasteiger charge is -2.10. The van der Waals surface area contributed by atoms with E-state index < -0.39 is 10.0 Å². The molecule has 0 fully saturated rings. The van der Waals surface area contributed by atoms with Crippen molar-refractivity contribution in [2.75, 3.05) is 17.6 Å². The Bertz CT molecular complexity index is 712. The van der Waals surface area contributed by atoms with E-state index in [9.17, 15) is 8.42 Å². The topological polar surface area (TPSA) is 94.3 Å². The number of benzene rings is 1. The van der Waals surface area contributed by atoms with E-state index >= 15 is 0 Å². The monoisotopic (exact) mass is 293 g/mol. The van der Waals surface area contributed by atoms with E-state index in [1.165, 1.54) is 19.4 Å². The molecule has 0 atom stereocenters. The molecule has 0 saturated carbocycles. The molecule has 2 aromatic rings. The van der Waals surface area contributed by atoms with E-state index in [1.807, 2.05) is 0 Å². The molecule has 0 saturated heterocycles. The van der Waals surface area contributed by atoms with Gasteiger partial charge >= 0.3 is 0 Å². The second kappa shape index (κ2) is 5.38. The number of anilines is 2. The molecule has 20 heavy (non-hydrogen) atoms. The van der Waals surface area contributed by atoms with Crippen molar-refractivity contribution in [2.45, 2.75) is 11.8 Å². The Morgan fingerprint density at radius 1 is 1.25 bits per heavy atom. The summed E-state index contributed by atoms with van der Waals surface area (Å²) in [5, 5.41) is 0. The molecule has 1 heterocycles. The van der Waals surface area contributed by atoms with E-state index in [-0.39, 0.29) is 4.90 Å². The van der Waals surface area contributed by atoms with E-state index in [1.54, 1.807) is 31.2 Å². The molecule has 1 aromatic carbocycles. The van der Waals surface area contributed by atoms with Gasteiger partial charge in [0.25, 0.3) is 10.0 Å². The Hall–Kier alpha value is -2.28. The van der Waals surface area contributed by atoms with Crippen molar-refractivity contribution in [3.8, 4) is 5.88 Å². The fourth-order valence-corrected chi connectivity index (χ4v) is 3.02. The number of aromatic nitrogens is 1. The van der Waals surface area contributed by atoms with Crippen LogP contribution in [0.25, 0.3) is 0 Å². The molecule has 0 aliphatic rings. The van der Waals surface area contributed by atoms with Crippen molar-refractivity contribution in [2.24, 2.45) is 0 Å². The Morgan fingerprint density at radius 2 is 2.00 bits per heavy atom. The minimum absolute atomic E-state index is 0.183. The maximum atomic E-state index is 12.3. The van der Waals surface area contributed by atoms with Gasteiger partial charge in [-0.3, -0.25) is 4.72 Å². The number of hydrogen-bond acceptors (Lipinski definition) is 5. The molecule has 2 rings (SSSR count). The molecule has 0 spiro atoms. The summed E-state index contributed by atoms with van der Waals surface area (Å²) in [5.41, 5.74) is 7.08. The summed E-state index contributed by atoms with van der Waals surface area (Å²) >= 11 is 0. The first-order valence-electron chi connectivity index (χ1n) is 5.81. The van der Waals surface area contributed by atoms with Gasteiger partial charge in [-0.15, -0.1) is 0 Å². The lowest BCUT2D eigenvalue weighted by atomic mass is 10.2. The largest absolute Gasteiger partial charge is 0.481 e. The van der Waals surface area contributed by atoms with Crippen LogP contribution in [0, 0.1) is 6.92 Å². The third kappa shape index (κ3) is 3.00. The fourth-order valence-electron chi connectivity index (χ4n) is 1.75. The van der Waals surface area contributed by atoms with Gasteiger partial charge in [0, 0.05) is 11.8 Å². The number of nitrogens with zero attached hydrogens (tertiary/aromatic N) is 1. The van der Waals surface area contributed by atoms with Crippen LogP contribution in [0.1, 0.15) is 5.56 Å². The molecule has 106 valence electrons. The molecule has 7 heteroatoms. The molecule has 0 aliphatic heterocycles. The molecule has 0 bridgehead atoms. The number of nitrogen functional groups attached to an aromatic ring is 1. The van der Waals surface area contributed by atoms with Gasteiger partial charge in [-0.25, -0.2) is 13.4 Å². The Kier molecular flexibility index (Phi) is 3.80. The average molecular weight is 293 g/mol. The zero-order valence-corrected chi connectivity index (χ0v) is 11.9. The third-order valence-corrected chi connectivity index (χ3v) is 4.23. The molecule has 0 radical (unpaired) electrons. The summed E-state index contributed by atoms with van der Waals surface area (Å²) < 4.78 is 31.9. The number of ether oxygens (including phenoxy) is 1. The van der Waals surface area contributed by atoms with Gasteiger partial charge in [0.1, 0.15) is 0 Å². The Balaban J connectivity index is 2.30. The highest BCUT2D eigenvalue weighted by Gasteiger charge is 2.17. The lowest BCUT2D eigenvalue weighted by Crippen LogP contribution is -2.14. The van der Waals surface area contributed by atoms with Gasteiger partial charge in [0.15, 0.2) is 0 Å². The van der Waals surface area contributed by atoms with E-state index in [0.29, 0.717) is 22.8 Å². The van der Waals surface area contributed by atoms with E-state index in [2.05, 4.69) is 9.71 Å². The summed E-state index contributed by atoms with van der Waals surface area (Å²) in [7, 11) is -2.18. The summed E-state index contributed by atoms with van der Waals surface area (Å²) in [5.74, 6) is 0.414. The average Bonchev–Trinajstić information content (AvgIpc) is 2.38. The zero-order valence-electron chi connectivity index (χ0n) is 11.1.